The second-order valence-corrected chi connectivity index (χ2v) is 8.03. The number of amides is 1. The molecule has 2 aromatic rings. The molecule has 2 aliphatic rings. The van der Waals surface area contributed by atoms with Crippen LogP contribution in [0.3, 0.4) is 0 Å². The Balaban J connectivity index is 1.33. The van der Waals surface area contributed by atoms with Crippen LogP contribution in [0.15, 0.2) is 36.7 Å². The van der Waals surface area contributed by atoms with Crippen molar-refractivity contribution in [1.82, 2.24) is 14.7 Å². The van der Waals surface area contributed by atoms with Gasteiger partial charge in [-0.25, -0.2) is 8.78 Å². The molecule has 0 N–H and O–H groups in total. The van der Waals surface area contributed by atoms with E-state index in [9.17, 15) is 13.6 Å². The summed E-state index contributed by atoms with van der Waals surface area (Å²) >= 11 is 0. The van der Waals surface area contributed by atoms with E-state index in [0.717, 1.165) is 50.8 Å². The van der Waals surface area contributed by atoms with Crippen LogP contribution in [0.25, 0.3) is 0 Å². The molecule has 0 spiro atoms. The molecule has 0 radical (unpaired) electrons. The summed E-state index contributed by atoms with van der Waals surface area (Å²) in [6, 6.07) is 6.00. The lowest BCUT2D eigenvalue weighted by molar-refractivity contribution is -0.139. The first-order valence-electron chi connectivity index (χ1n) is 9.76. The van der Waals surface area contributed by atoms with E-state index in [0.29, 0.717) is 18.9 Å². The molecule has 1 amide bonds. The summed E-state index contributed by atoms with van der Waals surface area (Å²) in [5.74, 6) is -0.922. The first-order valence-corrected chi connectivity index (χ1v) is 9.76. The molecule has 1 saturated heterocycles. The summed E-state index contributed by atoms with van der Waals surface area (Å²) in [5, 5.41) is 4.25. The molecule has 1 aromatic heterocycles. The van der Waals surface area contributed by atoms with Gasteiger partial charge in [0.25, 0.3) is 0 Å². The van der Waals surface area contributed by atoms with Crippen LogP contribution in [-0.4, -0.2) is 33.7 Å². The van der Waals surface area contributed by atoms with Gasteiger partial charge in [-0.2, -0.15) is 5.10 Å². The highest BCUT2D eigenvalue weighted by molar-refractivity contribution is 5.85. The van der Waals surface area contributed by atoms with Crippen LogP contribution >= 0.6 is 0 Å². The molecule has 4 rings (SSSR count). The fourth-order valence-electron chi connectivity index (χ4n) is 4.18. The third kappa shape index (κ3) is 4.04. The Hall–Kier alpha value is -2.24. The van der Waals surface area contributed by atoms with Crippen molar-refractivity contribution < 1.29 is 13.6 Å². The number of halogens is 2. The van der Waals surface area contributed by atoms with Gasteiger partial charge in [0, 0.05) is 25.5 Å². The van der Waals surface area contributed by atoms with E-state index < -0.39 is 11.6 Å². The molecular formula is C21H25F2N3O. The van der Waals surface area contributed by atoms with Crippen LogP contribution in [0.2, 0.25) is 0 Å². The molecule has 2 fully saturated rings. The Morgan fingerprint density at radius 2 is 2.11 bits per heavy atom. The van der Waals surface area contributed by atoms with Gasteiger partial charge < -0.3 is 4.90 Å². The number of hydrogen-bond acceptors (Lipinski definition) is 2. The van der Waals surface area contributed by atoms with Gasteiger partial charge in [-0.05, 0) is 68.2 Å². The summed E-state index contributed by atoms with van der Waals surface area (Å²) in [7, 11) is 0. The largest absolute Gasteiger partial charge is 0.342 e. The van der Waals surface area contributed by atoms with Crippen molar-refractivity contribution in [1.29, 1.82) is 0 Å². The summed E-state index contributed by atoms with van der Waals surface area (Å²) in [6.45, 7) is 2.25. The van der Waals surface area contributed by atoms with E-state index in [1.165, 1.54) is 12.1 Å². The predicted molar refractivity (Wildman–Crippen MR) is 97.9 cm³/mol. The van der Waals surface area contributed by atoms with Crippen LogP contribution in [0.5, 0.6) is 0 Å². The number of hydrogen-bond donors (Lipinski definition) is 0. The monoisotopic (exact) mass is 373 g/mol. The lowest BCUT2D eigenvalue weighted by atomic mass is 9.90. The van der Waals surface area contributed by atoms with Gasteiger partial charge in [-0.15, -0.1) is 0 Å². The van der Waals surface area contributed by atoms with E-state index in [-0.39, 0.29) is 11.3 Å². The summed E-state index contributed by atoms with van der Waals surface area (Å²) in [5.41, 5.74) is 0.545. The second-order valence-electron chi connectivity index (χ2n) is 8.03. The van der Waals surface area contributed by atoms with Crippen LogP contribution in [0, 0.1) is 23.0 Å². The minimum atomic E-state index is -0.805. The molecule has 1 atom stereocenters. The van der Waals surface area contributed by atoms with Crippen molar-refractivity contribution in [3.8, 4) is 0 Å². The molecule has 0 bridgehead atoms. The fourth-order valence-corrected chi connectivity index (χ4v) is 4.18. The Labute approximate surface area is 158 Å². The molecule has 1 aromatic carbocycles. The Morgan fingerprint density at radius 3 is 2.81 bits per heavy atom. The fraction of sp³-hybridized carbons (Fsp3) is 0.524. The molecule has 1 unspecified atom stereocenters. The third-order valence-corrected chi connectivity index (χ3v) is 5.96. The number of rotatable bonds is 6. The number of aryl methyl sites for hydroxylation is 1. The van der Waals surface area contributed by atoms with Gasteiger partial charge in [0.15, 0.2) is 11.6 Å². The van der Waals surface area contributed by atoms with Gasteiger partial charge in [0.05, 0.1) is 12.0 Å². The number of aromatic nitrogens is 2. The van der Waals surface area contributed by atoms with Gasteiger partial charge in [-0.1, -0.05) is 6.07 Å². The highest BCUT2D eigenvalue weighted by Crippen LogP contribution is 2.49. The quantitative estimate of drug-likeness (QED) is 0.772. The number of carbonyl (C=O) groups is 1. The maximum Gasteiger partial charge on any atom is 0.230 e. The minimum absolute atomic E-state index is 0.260. The second kappa shape index (κ2) is 7.41. The molecule has 27 heavy (non-hydrogen) atoms. The lowest BCUT2D eigenvalue weighted by Gasteiger charge is -2.35. The van der Waals surface area contributed by atoms with Crippen molar-refractivity contribution in [2.45, 2.75) is 45.1 Å². The molecule has 6 heteroatoms. The smallest absolute Gasteiger partial charge is 0.230 e. The van der Waals surface area contributed by atoms with Crippen molar-refractivity contribution in [2.24, 2.45) is 11.3 Å². The van der Waals surface area contributed by atoms with E-state index in [4.69, 9.17) is 0 Å². The zero-order chi connectivity index (χ0) is 18.9. The Morgan fingerprint density at radius 1 is 1.26 bits per heavy atom. The summed E-state index contributed by atoms with van der Waals surface area (Å²) < 4.78 is 28.3. The molecule has 1 saturated carbocycles. The maximum atomic E-state index is 13.4. The van der Waals surface area contributed by atoms with Gasteiger partial charge in [0.1, 0.15) is 0 Å². The van der Waals surface area contributed by atoms with E-state index in [1.807, 2.05) is 21.8 Å². The first kappa shape index (κ1) is 18.1. The average molecular weight is 373 g/mol. The van der Waals surface area contributed by atoms with Crippen molar-refractivity contribution >= 4 is 5.91 Å². The third-order valence-electron chi connectivity index (χ3n) is 5.96. The van der Waals surface area contributed by atoms with Gasteiger partial charge in [-0.3, -0.25) is 9.48 Å². The highest BCUT2D eigenvalue weighted by Gasteiger charge is 2.52. The molecule has 1 aliphatic carbocycles. The first-order chi connectivity index (χ1) is 13.1. The van der Waals surface area contributed by atoms with Gasteiger partial charge >= 0.3 is 0 Å². The topological polar surface area (TPSA) is 38.1 Å². The average Bonchev–Trinajstić information content (AvgIpc) is 3.27. The van der Waals surface area contributed by atoms with Crippen LogP contribution < -0.4 is 0 Å². The molecule has 144 valence electrons. The van der Waals surface area contributed by atoms with Crippen molar-refractivity contribution in [3.63, 3.8) is 0 Å². The Bertz CT molecular complexity index is 802. The number of benzene rings is 1. The van der Waals surface area contributed by atoms with E-state index >= 15 is 0 Å². The van der Waals surface area contributed by atoms with Crippen molar-refractivity contribution in [3.05, 3.63) is 53.9 Å². The van der Waals surface area contributed by atoms with Crippen molar-refractivity contribution in [2.75, 3.05) is 13.1 Å². The Kier molecular flexibility index (Phi) is 4.98. The number of nitrogens with zero attached hydrogens (tertiary/aromatic N) is 3. The van der Waals surface area contributed by atoms with Crippen LogP contribution in [-0.2, 0) is 17.8 Å². The van der Waals surface area contributed by atoms with Crippen LogP contribution in [0.4, 0.5) is 8.78 Å². The van der Waals surface area contributed by atoms with E-state index in [1.54, 1.807) is 12.3 Å². The highest BCUT2D eigenvalue weighted by atomic mass is 19.2. The molecule has 2 heterocycles. The zero-order valence-corrected chi connectivity index (χ0v) is 15.4. The SMILES string of the molecule is O=C(N1CCCC(CCc2ccc(F)c(F)c2)C1)C1(Cn2cccn2)CC1. The number of carbonyl (C=O) groups excluding carboxylic acids is 1. The molecule has 4 nitrogen and oxygen atoms in total. The standard InChI is InChI=1S/C21H25F2N3O/c22-18-7-6-16(13-19(18)23)4-5-17-3-1-11-25(14-17)20(27)21(8-9-21)15-26-12-2-10-24-26/h2,6-7,10,12-13,17H,1,3-5,8-9,11,14-15H2. The molecular weight excluding hydrogens is 348 g/mol. The normalized spacial score (nSPS) is 21.3. The summed E-state index contributed by atoms with van der Waals surface area (Å²) in [6.07, 6.45) is 9.21. The summed E-state index contributed by atoms with van der Waals surface area (Å²) in [4.78, 5) is 15.1. The minimum Gasteiger partial charge on any atom is -0.342 e. The zero-order valence-electron chi connectivity index (χ0n) is 15.4. The number of likely N-dealkylation sites (tertiary alicyclic amines) is 1. The number of piperidine rings is 1. The molecule has 1 aliphatic heterocycles. The lowest BCUT2D eigenvalue weighted by Crippen LogP contribution is -2.45. The maximum absolute atomic E-state index is 13.4. The van der Waals surface area contributed by atoms with E-state index in [2.05, 4.69) is 5.10 Å². The van der Waals surface area contributed by atoms with Gasteiger partial charge in [0.2, 0.25) is 5.91 Å². The predicted octanol–water partition coefficient (Wildman–Crippen LogP) is 3.81. The van der Waals surface area contributed by atoms with Crippen LogP contribution in [0.1, 0.15) is 37.7 Å².